The molecule has 2 aromatic rings. The Hall–Kier alpha value is -2.73. The van der Waals surface area contributed by atoms with Gasteiger partial charge in [0.05, 0.1) is 20.4 Å². The van der Waals surface area contributed by atoms with E-state index in [1.54, 1.807) is 56.7 Å². The zero-order valence-electron chi connectivity index (χ0n) is 13.3. The number of ether oxygens (including phenoxy) is 3. The third-order valence-corrected chi connectivity index (χ3v) is 3.27. The van der Waals surface area contributed by atoms with Gasteiger partial charge in [-0.2, -0.15) is 5.10 Å². The van der Waals surface area contributed by atoms with Crippen molar-refractivity contribution in [2.75, 3.05) is 20.8 Å². The standard InChI is InChI=1S/C17H17ClN2O4/c1-22-15-6-3-12(16(9-15)23-2)10-19-20-17(21)11-24-14-7-4-13(18)5-8-14/h3-10H,11H2,1-2H3,(H,20,21)/b19-10-. The lowest BCUT2D eigenvalue weighted by atomic mass is 10.2. The minimum Gasteiger partial charge on any atom is -0.497 e. The SMILES string of the molecule is COc1ccc(/C=N\NC(=O)COc2ccc(Cl)cc2)c(OC)c1. The van der Waals surface area contributed by atoms with Crippen molar-refractivity contribution < 1.29 is 19.0 Å². The number of methoxy groups -OCH3 is 2. The Kier molecular flexibility index (Phi) is 6.45. The predicted molar refractivity (Wildman–Crippen MR) is 92.2 cm³/mol. The zero-order valence-corrected chi connectivity index (χ0v) is 14.0. The van der Waals surface area contributed by atoms with Gasteiger partial charge in [0, 0.05) is 16.7 Å². The molecule has 0 unspecified atom stereocenters. The molecule has 0 aromatic heterocycles. The highest BCUT2D eigenvalue weighted by Crippen LogP contribution is 2.23. The van der Waals surface area contributed by atoms with Gasteiger partial charge in [-0.15, -0.1) is 0 Å². The molecular weight excluding hydrogens is 332 g/mol. The molecule has 7 heteroatoms. The van der Waals surface area contributed by atoms with Gasteiger partial charge in [-0.3, -0.25) is 4.79 Å². The van der Waals surface area contributed by atoms with E-state index >= 15 is 0 Å². The van der Waals surface area contributed by atoms with Crippen LogP contribution < -0.4 is 19.6 Å². The van der Waals surface area contributed by atoms with Gasteiger partial charge in [0.25, 0.3) is 5.91 Å². The summed E-state index contributed by atoms with van der Waals surface area (Å²) in [7, 11) is 3.12. The summed E-state index contributed by atoms with van der Waals surface area (Å²) in [4.78, 5) is 11.7. The van der Waals surface area contributed by atoms with E-state index in [-0.39, 0.29) is 12.5 Å². The highest BCUT2D eigenvalue weighted by molar-refractivity contribution is 6.30. The number of amides is 1. The van der Waals surface area contributed by atoms with Gasteiger partial charge in [0.1, 0.15) is 17.2 Å². The van der Waals surface area contributed by atoms with E-state index in [4.69, 9.17) is 25.8 Å². The molecule has 1 amide bonds. The van der Waals surface area contributed by atoms with E-state index in [9.17, 15) is 4.79 Å². The van der Waals surface area contributed by atoms with E-state index < -0.39 is 0 Å². The van der Waals surface area contributed by atoms with E-state index in [0.717, 1.165) is 0 Å². The molecule has 0 radical (unpaired) electrons. The lowest BCUT2D eigenvalue weighted by Gasteiger charge is -2.07. The molecule has 0 spiro atoms. The fourth-order valence-corrected chi connectivity index (χ4v) is 1.94. The molecule has 1 N–H and O–H groups in total. The number of benzene rings is 2. The van der Waals surface area contributed by atoms with Crippen LogP contribution in [0.15, 0.2) is 47.6 Å². The summed E-state index contributed by atoms with van der Waals surface area (Å²) < 4.78 is 15.7. The number of hydrogen-bond acceptors (Lipinski definition) is 5. The molecule has 0 bridgehead atoms. The number of hydrazone groups is 1. The smallest absolute Gasteiger partial charge is 0.277 e. The molecule has 0 atom stereocenters. The number of halogens is 1. The first-order valence-corrected chi connectivity index (χ1v) is 7.42. The molecular formula is C17H17ClN2O4. The highest BCUT2D eigenvalue weighted by Gasteiger charge is 2.04. The average Bonchev–Trinajstić information content (AvgIpc) is 2.61. The molecule has 0 saturated heterocycles. The van der Waals surface area contributed by atoms with Gasteiger partial charge in [0.2, 0.25) is 0 Å². The molecule has 6 nitrogen and oxygen atoms in total. The molecule has 2 rings (SSSR count). The normalized spacial score (nSPS) is 10.5. The maximum atomic E-state index is 11.7. The molecule has 0 aliphatic carbocycles. The van der Waals surface area contributed by atoms with Crippen molar-refractivity contribution in [3.8, 4) is 17.2 Å². The van der Waals surface area contributed by atoms with Crippen LogP contribution in [0.25, 0.3) is 0 Å². The molecule has 0 fully saturated rings. The number of nitrogens with one attached hydrogen (secondary N) is 1. The molecule has 126 valence electrons. The van der Waals surface area contributed by atoms with Crippen molar-refractivity contribution in [3.05, 3.63) is 53.1 Å². The summed E-state index contributed by atoms with van der Waals surface area (Å²) in [6.45, 7) is -0.154. The third-order valence-electron chi connectivity index (χ3n) is 3.02. The first-order chi connectivity index (χ1) is 11.6. The minimum absolute atomic E-state index is 0.154. The van der Waals surface area contributed by atoms with E-state index in [2.05, 4.69) is 10.5 Å². The van der Waals surface area contributed by atoms with Crippen molar-refractivity contribution in [1.82, 2.24) is 5.43 Å². The summed E-state index contributed by atoms with van der Waals surface area (Å²) in [6, 6.07) is 12.0. The number of rotatable bonds is 7. The Labute approximate surface area is 145 Å². The largest absolute Gasteiger partial charge is 0.497 e. The Morgan fingerprint density at radius 2 is 1.83 bits per heavy atom. The Morgan fingerprint density at radius 3 is 2.50 bits per heavy atom. The monoisotopic (exact) mass is 348 g/mol. The number of nitrogens with zero attached hydrogens (tertiary/aromatic N) is 1. The van der Waals surface area contributed by atoms with Crippen molar-refractivity contribution in [1.29, 1.82) is 0 Å². The molecule has 2 aromatic carbocycles. The van der Waals surface area contributed by atoms with Crippen LogP contribution in [0.3, 0.4) is 0 Å². The maximum Gasteiger partial charge on any atom is 0.277 e. The fraction of sp³-hybridized carbons (Fsp3) is 0.176. The van der Waals surface area contributed by atoms with Crippen LogP contribution in [-0.4, -0.2) is 32.9 Å². The van der Waals surface area contributed by atoms with Gasteiger partial charge in [-0.05, 0) is 36.4 Å². The second-order valence-corrected chi connectivity index (χ2v) is 5.08. The minimum atomic E-state index is -0.381. The van der Waals surface area contributed by atoms with Crippen LogP contribution in [0.2, 0.25) is 5.02 Å². The van der Waals surface area contributed by atoms with Crippen molar-refractivity contribution >= 4 is 23.7 Å². The fourth-order valence-electron chi connectivity index (χ4n) is 1.81. The molecule has 0 aliphatic heterocycles. The van der Waals surface area contributed by atoms with Crippen LogP contribution in [0.4, 0.5) is 0 Å². The van der Waals surface area contributed by atoms with Crippen LogP contribution in [0.5, 0.6) is 17.2 Å². The van der Waals surface area contributed by atoms with E-state index in [1.165, 1.54) is 6.21 Å². The third kappa shape index (κ3) is 5.17. The summed E-state index contributed by atoms with van der Waals surface area (Å²) >= 11 is 5.77. The van der Waals surface area contributed by atoms with Crippen molar-refractivity contribution in [2.24, 2.45) is 5.10 Å². The van der Waals surface area contributed by atoms with E-state index in [1.807, 2.05) is 0 Å². The number of carbonyl (C=O) groups excluding carboxylic acids is 1. The average molecular weight is 349 g/mol. The van der Waals surface area contributed by atoms with Crippen LogP contribution in [-0.2, 0) is 4.79 Å². The van der Waals surface area contributed by atoms with Crippen LogP contribution in [0.1, 0.15) is 5.56 Å². The van der Waals surface area contributed by atoms with E-state index in [0.29, 0.717) is 27.8 Å². The lowest BCUT2D eigenvalue weighted by molar-refractivity contribution is -0.123. The van der Waals surface area contributed by atoms with Gasteiger partial charge >= 0.3 is 0 Å². The summed E-state index contributed by atoms with van der Waals surface area (Å²) in [5.41, 5.74) is 3.09. The predicted octanol–water partition coefficient (Wildman–Crippen LogP) is 2.89. The highest BCUT2D eigenvalue weighted by atomic mass is 35.5. The van der Waals surface area contributed by atoms with Gasteiger partial charge < -0.3 is 14.2 Å². The van der Waals surface area contributed by atoms with Crippen molar-refractivity contribution in [2.45, 2.75) is 0 Å². The van der Waals surface area contributed by atoms with Gasteiger partial charge in [0.15, 0.2) is 6.61 Å². The first-order valence-electron chi connectivity index (χ1n) is 7.04. The Morgan fingerprint density at radius 1 is 1.12 bits per heavy atom. The molecule has 24 heavy (non-hydrogen) atoms. The number of hydrogen-bond donors (Lipinski definition) is 1. The maximum absolute atomic E-state index is 11.7. The number of carbonyl (C=O) groups is 1. The molecule has 0 saturated carbocycles. The zero-order chi connectivity index (χ0) is 17.4. The quantitative estimate of drug-likeness (QED) is 0.617. The summed E-state index contributed by atoms with van der Waals surface area (Å²) in [5.74, 6) is 1.43. The second kappa shape index (κ2) is 8.79. The van der Waals surface area contributed by atoms with Crippen LogP contribution >= 0.6 is 11.6 Å². The molecule has 0 heterocycles. The topological polar surface area (TPSA) is 69.2 Å². The summed E-state index contributed by atoms with van der Waals surface area (Å²) in [5, 5.41) is 4.49. The second-order valence-electron chi connectivity index (χ2n) is 4.64. The summed E-state index contributed by atoms with van der Waals surface area (Å²) in [6.07, 6.45) is 1.48. The Balaban J connectivity index is 1.86. The molecule has 0 aliphatic rings. The Bertz CT molecular complexity index is 717. The van der Waals surface area contributed by atoms with Gasteiger partial charge in [-0.25, -0.2) is 5.43 Å². The van der Waals surface area contributed by atoms with Crippen molar-refractivity contribution in [3.63, 3.8) is 0 Å². The van der Waals surface area contributed by atoms with Crippen LogP contribution in [0, 0.1) is 0 Å². The van der Waals surface area contributed by atoms with Gasteiger partial charge in [-0.1, -0.05) is 11.6 Å². The lowest BCUT2D eigenvalue weighted by Crippen LogP contribution is -2.24. The first kappa shape index (κ1) is 17.6.